The second-order valence-corrected chi connectivity index (χ2v) is 7.84. The standard InChI is InChI=1S/C20H22N6O4/c27-16-6-5-15(17(28)23-16)26-10-12-4-3-11(8-13(12)19(26)29)9-22-20-25-24-18(30-20)14-2-1-7-21-14/h3-4,8,14-15,21H,1-2,5-7,9-10H2,(H,22,25)(H,23,27,28). The van der Waals surface area contributed by atoms with Gasteiger partial charge in [0.15, 0.2) is 0 Å². The van der Waals surface area contributed by atoms with Gasteiger partial charge in [-0.15, -0.1) is 5.10 Å². The van der Waals surface area contributed by atoms with E-state index >= 15 is 0 Å². The van der Waals surface area contributed by atoms with Gasteiger partial charge in [-0.3, -0.25) is 19.7 Å². The molecular weight excluding hydrogens is 388 g/mol. The van der Waals surface area contributed by atoms with Crippen LogP contribution in [0.25, 0.3) is 0 Å². The van der Waals surface area contributed by atoms with Crippen molar-refractivity contribution in [1.82, 2.24) is 25.7 Å². The molecule has 1 aromatic carbocycles. The van der Waals surface area contributed by atoms with E-state index < -0.39 is 11.9 Å². The number of nitrogens with zero attached hydrogens (tertiary/aromatic N) is 3. The number of nitrogens with one attached hydrogen (secondary N) is 3. The molecule has 3 amide bonds. The van der Waals surface area contributed by atoms with E-state index in [4.69, 9.17) is 4.42 Å². The lowest BCUT2D eigenvalue weighted by Crippen LogP contribution is -2.52. The van der Waals surface area contributed by atoms with Crippen LogP contribution in [0, 0.1) is 0 Å². The molecular formula is C20H22N6O4. The van der Waals surface area contributed by atoms with Gasteiger partial charge in [0, 0.05) is 25.1 Å². The molecule has 2 aromatic rings. The topological polar surface area (TPSA) is 129 Å². The van der Waals surface area contributed by atoms with Crippen molar-refractivity contribution in [2.45, 2.75) is 50.9 Å². The lowest BCUT2D eigenvalue weighted by atomic mass is 10.0. The van der Waals surface area contributed by atoms with Crippen LogP contribution in [0.5, 0.6) is 0 Å². The fourth-order valence-corrected chi connectivity index (χ4v) is 4.23. The molecule has 0 radical (unpaired) electrons. The number of fused-ring (bicyclic) bond motifs is 1. The molecule has 3 aliphatic rings. The molecule has 156 valence electrons. The molecule has 2 fully saturated rings. The number of anilines is 1. The summed E-state index contributed by atoms with van der Waals surface area (Å²) in [4.78, 5) is 38.0. The van der Waals surface area contributed by atoms with E-state index in [0.717, 1.165) is 30.5 Å². The van der Waals surface area contributed by atoms with Crippen LogP contribution in [0.1, 0.15) is 59.1 Å². The predicted octanol–water partition coefficient (Wildman–Crippen LogP) is 0.867. The molecule has 0 spiro atoms. The van der Waals surface area contributed by atoms with Crippen LogP contribution < -0.4 is 16.0 Å². The molecule has 5 rings (SSSR count). The summed E-state index contributed by atoms with van der Waals surface area (Å²) in [7, 11) is 0. The number of piperidine rings is 1. The van der Waals surface area contributed by atoms with Crippen molar-refractivity contribution in [2.75, 3.05) is 11.9 Å². The van der Waals surface area contributed by atoms with Crippen molar-refractivity contribution >= 4 is 23.7 Å². The number of hydrogen-bond acceptors (Lipinski definition) is 8. The van der Waals surface area contributed by atoms with Gasteiger partial charge in [0.05, 0.1) is 6.04 Å². The minimum atomic E-state index is -0.606. The summed E-state index contributed by atoms with van der Waals surface area (Å²) in [5.41, 5.74) is 2.35. The van der Waals surface area contributed by atoms with Crippen molar-refractivity contribution in [3.05, 3.63) is 40.8 Å². The Kier molecular flexibility index (Phi) is 4.70. The lowest BCUT2D eigenvalue weighted by molar-refractivity contribution is -0.136. The molecule has 4 heterocycles. The second kappa shape index (κ2) is 7.52. The van der Waals surface area contributed by atoms with Crippen molar-refractivity contribution in [2.24, 2.45) is 0 Å². The molecule has 0 aliphatic carbocycles. The van der Waals surface area contributed by atoms with Gasteiger partial charge in [0.2, 0.25) is 17.7 Å². The summed E-state index contributed by atoms with van der Waals surface area (Å²) < 4.78 is 5.68. The Bertz CT molecular complexity index is 1010. The summed E-state index contributed by atoms with van der Waals surface area (Å²) in [5.74, 6) is -0.298. The molecule has 0 bridgehead atoms. The fraction of sp³-hybridized carbons (Fsp3) is 0.450. The average Bonchev–Trinajstić information content (AvgIpc) is 3.47. The van der Waals surface area contributed by atoms with E-state index in [1.807, 2.05) is 18.2 Å². The Labute approximate surface area is 172 Å². The lowest BCUT2D eigenvalue weighted by Gasteiger charge is -2.29. The monoisotopic (exact) mass is 410 g/mol. The third-order valence-corrected chi connectivity index (χ3v) is 5.84. The number of aromatic nitrogens is 2. The van der Waals surface area contributed by atoms with E-state index in [-0.39, 0.29) is 24.3 Å². The maximum Gasteiger partial charge on any atom is 0.315 e. The highest BCUT2D eigenvalue weighted by molar-refractivity contribution is 6.05. The van der Waals surface area contributed by atoms with Gasteiger partial charge in [-0.25, -0.2) is 0 Å². The number of benzene rings is 1. The van der Waals surface area contributed by atoms with Crippen LogP contribution in [-0.4, -0.2) is 45.4 Å². The Morgan fingerprint density at radius 3 is 2.90 bits per heavy atom. The number of amides is 3. The van der Waals surface area contributed by atoms with E-state index in [9.17, 15) is 14.4 Å². The molecule has 30 heavy (non-hydrogen) atoms. The third kappa shape index (κ3) is 3.43. The number of carbonyl (C=O) groups excluding carboxylic acids is 3. The largest absolute Gasteiger partial charge is 0.406 e. The van der Waals surface area contributed by atoms with Gasteiger partial charge in [-0.2, -0.15) is 0 Å². The van der Waals surface area contributed by atoms with Gasteiger partial charge >= 0.3 is 6.01 Å². The third-order valence-electron chi connectivity index (χ3n) is 5.84. The van der Waals surface area contributed by atoms with Crippen LogP contribution in [0.3, 0.4) is 0 Å². The molecule has 1 aromatic heterocycles. The highest BCUT2D eigenvalue weighted by Gasteiger charge is 2.39. The summed E-state index contributed by atoms with van der Waals surface area (Å²) in [6, 6.07) is 5.51. The molecule has 3 aliphatic heterocycles. The number of rotatable bonds is 5. The number of hydrogen-bond donors (Lipinski definition) is 3. The molecule has 2 atom stereocenters. The normalized spacial score (nSPS) is 23.6. The minimum Gasteiger partial charge on any atom is -0.406 e. The van der Waals surface area contributed by atoms with Gasteiger partial charge in [-0.05, 0) is 43.0 Å². The summed E-state index contributed by atoms with van der Waals surface area (Å²) in [6.07, 6.45) is 2.68. The van der Waals surface area contributed by atoms with Crippen LogP contribution in [-0.2, 0) is 22.7 Å². The van der Waals surface area contributed by atoms with Crippen molar-refractivity contribution in [3.8, 4) is 0 Å². The smallest absolute Gasteiger partial charge is 0.315 e. The molecule has 10 nitrogen and oxygen atoms in total. The maximum absolute atomic E-state index is 12.9. The molecule has 2 saturated heterocycles. The van der Waals surface area contributed by atoms with Gasteiger partial charge in [0.25, 0.3) is 5.91 Å². The predicted molar refractivity (Wildman–Crippen MR) is 104 cm³/mol. The first-order chi connectivity index (χ1) is 14.6. The molecule has 2 unspecified atom stereocenters. The first kappa shape index (κ1) is 18.7. The number of carbonyl (C=O) groups is 3. The van der Waals surface area contributed by atoms with Crippen molar-refractivity contribution in [1.29, 1.82) is 0 Å². The Morgan fingerprint density at radius 2 is 2.10 bits per heavy atom. The SMILES string of the molecule is O=C1CCC(N2Cc3ccc(CNc4nnc(C5CCCN5)o4)cc3C2=O)C(=O)N1. The van der Waals surface area contributed by atoms with Crippen molar-refractivity contribution in [3.63, 3.8) is 0 Å². The first-order valence-electron chi connectivity index (χ1n) is 10.2. The fourth-order valence-electron chi connectivity index (χ4n) is 4.23. The van der Waals surface area contributed by atoms with E-state index in [1.165, 1.54) is 0 Å². The second-order valence-electron chi connectivity index (χ2n) is 7.84. The quantitative estimate of drug-likeness (QED) is 0.619. The highest BCUT2D eigenvalue weighted by atomic mass is 16.4. The van der Waals surface area contributed by atoms with Crippen LogP contribution in [0.15, 0.2) is 22.6 Å². The Balaban J connectivity index is 1.25. The van der Waals surface area contributed by atoms with Crippen molar-refractivity contribution < 1.29 is 18.8 Å². The highest BCUT2D eigenvalue weighted by Crippen LogP contribution is 2.28. The molecule has 10 heteroatoms. The van der Waals surface area contributed by atoms with E-state index in [1.54, 1.807) is 4.90 Å². The Hall–Kier alpha value is -3.27. The zero-order valence-corrected chi connectivity index (χ0v) is 16.3. The number of imide groups is 1. The van der Waals surface area contributed by atoms with Gasteiger partial charge in [-0.1, -0.05) is 17.2 Å². The van der Waals surface area contributed by atoms with Crippen LogP contribution in [0.2, 0.25) is 0 Å². The maximum atomic E-state index is 12.9. The molecule has 0 saturated carbocycles. The van der Waals surface area contributed by atoms with E-state index in [2.05, 4.69) is 26.1 Å². The molecule has 3 N–H and O–H groups in total. The summed E-state index contributed by atoms with van der Waals surface area (Å²) in [5, 5.41) is 16.9. The Morgan fingerprint density at radius 1 is 1.20 bits per heavy atom. The van der Waals surface area contributed by atoms with Crippen LogP contribution in [0.4, 0.5) is 6.01 Å². The van der Waals surface area contributed by atoms with Gasteiger partial charge in [0.1, 0.15) is 6.04 Å². The summed E-state index contributed by atoms with van der Waals surface area (Å²) in [6.45, 7) is 1.75. The zero-order chi connectivity index (χ0) is 20.7. The average molecular weight is 410 g/mol. The van der Waals surface area contributed by atoms with Gasteiger partial charge < -0.3 is 20.0 Å². The minimum absolute atomic E-state index is 0.115. The van der Waals surface area contributed by atoms with E-state index in [0.29, 0.717) is 37.0 Å². The summed E-state index contributed by atoms with van der Waals surface area (Å²) >= 11 is 0. The zero-order valence-electron chi connectivity index (χ0n) is 16.3. The van der Waals surface area contributed by atoms with Crippen LogP contribution >= 0.6 is 0 Å². The first-order valence-corrected chi connectivity index (χ1v) is 10.2.